The van der Waals surface area contributed by atoms with Crippen LogP contribution in [-0.2, 0) is 9.84 Å². The maximum absolute atomic E-state index is 12.2. The van der Waals surface area contributed by atoms with Gasteiger partial charge >= 0.3 is 0 Å². The molecule has 1 aromatic rings. The predicted octanol–water partition coefficient (Wildman–Crippen LogP) is 3.40. The second-order valence-corrected chi connectivity index (χ2v) is 6.87. The molecule has 0 spiro atoms. The van der Waals surface area contributed by atoms with Crippen LogP contribution in [0.1, 0.15) is 29.5 Å². The fraction of sp³-hybridized carbons (Fsp3) is 0.538. The summed E-state index contributed by atoms with van der Waals surface area (Å²) in [6, 6.07) is 3.84. The molecule has 0 bridgehead atoms. The van der Waals surface area contributed by atoms with Gasteiger partial charge in [0.2, 0.25) is 0 Å². The number of hydrogen-bond donors (Lipinski definition) is 0. The van der Waals surface area contributed by atoms with Gasteiger partial charge in [-0.1, -0.05) is 17.7 Å². The molecule has 0 atom stereocenters. The molecule has 0 aliphatic carbocycles. The van der Waals surface area contributed by atoms with Crippen molar-refractivity contribution in [3.63, 3.8) is 0 Å². The molecule has 1 rings (SSSR count). The zero-order valence-corrected chi connectivity index (χ0v) is 12.2. The molecule has 2 nitrogen and oxygen atoms in total. The predicted molar refractivity (Wildman–Crippen MR) is 72.7 cm³/mol. The Morgan fingerprint density at radius 3 is 2.06 bits per heavy atom. The van der Waals surface area contributed by atoms with Crippen LogP contribution in [0.25, 0.3) is 0 Å². The summed E-state index contributed by atoms with van der Waals surface area (Å²) in [5.41, 5.74) is 2.78. The highest BCUT2D eigenvalue weighted by molar-refractivity contribution is 7.91. The third kappa shape index (κ3) is 3.71. The van der Waals surface area contributed by atoms with E-state index in [1.54, 1.807) is 0 Å². The molecule has 0 saturated heterocycles. The number of hydrogen-bond acceptors (Lipinski definition) is 2. The number of aryl methyl sites for hydroxylation is 3. The van der Waals surface area contributed by atoms with Gasteiger partial charge < -0.3 is 0 Å². The van der Waals surface area contributed by atoms with Crippen molar-refractivity contribution in [2.75, 3.05) is 11.6 Å². The van der Waals surface area contributed by atoms with Gasteiger partial charge in [0, 0.05) is 5.88 Å². The largest absolute Gasteiger partial charge is 0.224 e. The normalized spacial score (nSPS) is 11.8. The maximum atomic E-state index is 12.2. The Labute approximate surface area is 109 Å². The highest BCUT2D eigenvalue weighted by atomic mass is 35.5. The van der Waals surface area contributed by atoms with E-state index in [0.29, 0.717) is 17.2 Å². The molecule has 0 heterocycles. The molecule has 0 saturated carbocycles. The van der Waals surface area contributed by atoms with Gasteiger partial charge in [-0.2, -0.15) is 0 Å². The number of benzene rings is 1. The minimum absolute atomic E-state index is 0.185. The van der Waals surface area contributed by atoms with E-state index in [1.165, 1.54) is 0 Å². The van der Waals surface area contributed by atoms with E-state index >= 15 is 0 Å². The van der Waals surface area contributed by atoms with E-state index in [2.05, 4.69) is 0 Å². The zero-order valence-electron chi connectivity index (χ0n) is 10.6. The van der Waals surface area contributed by atoms with Crippen molar-refractivity contribution in [1.29, 1.82) is 0 Å². The molecule has 0 fully saturated rings. The quantitative estimate of drug-likeness (QED) is 0.609. The Kier molecular flexibility index (Phi) is 5.02. The first kappa shape index (κ1) is 14.5. The Morgan fingerprint density at radius 1 is 1.06 bits per heavy atom. The first-order valence-electron chi connectivity index (χ1n) is 5.75. The highest BCUT2D eigenvalue weighted by Gasteiger charge is 2.19. The Balaban J connectivity index is 3.07. The van der Waals surface area contributed by atoms with Crippen LogP contribution in [0, 0.1) is 20.8 Å². The van der Waals surface area contributed by atoms with Gasteiger partial charge in [0.15, 0.2) is 9.84 Å². The first-order chi connectivity index (χ1) is 7.88. The van der Waals surface area contributed by atoms with Gasteiger partial charge in [-0.25, -0.2) is 8.42 Å². The lowest BCUT2D eigenvalue weighted by Crippen LogP contribution is -2.11. The highest BCUT2D eigenvalue weighted by Crippen LogP contribution is 2.23. The summed E-state index contributed by atoms with van der Waals surface area (Å²) in [6.45, 7) is 5.69. The van der Waals surface area contributed by atoms with E-state index in [9.17, 15) is 8.42 Å². The van der Waals surface area contributed by atoms with Crippen molar-refractivity contribution in [1.82, 2.24) is 0 Å². The van der Waals surface area contributed by atoms with Crippen molar-refractivity contribution in [2.24, 2.45) is 0 Å². The molecule has 96 valence electrons. The zero-order chi connectivity index (χ0) is 13.1. The van der Waals surface area contributed by atoms with Gasteiger partial charge in [-0.15, -0.1) is 11.6 Å². The topological polar surface area (TPSA) is 34.1 Å². The second kappa shape index (κ2) is 5.87. The summed E-state index contributed by atoms with van der Waals surface area (Å²) in [6.07, 6.45) is 1.36. The van der Waals surface area contributed by atoms with Crippen molar-refractivity contribution >= 4 is 21.4 Å². The summed E-state index contributed by atoms with van der Waals surface area (Å²) in [5, 5.41) is 0. The Hall–Kier alpha value is -0.540. The summed E-state index contributed by atoms with van der Waals surface area (Å²) < 4.78 is 24.4. The number of sulfone groups is 1. The smallest absolute Gasteiger partial charge is 0.178 e. The fourth-order valence-corrected chi connectivity index (χ4v) is 4.22. The molecule has 17 heavy (non-hydrogen) atoms. The van der Waals surface area contributed by atoms with Gasteiger partial charge in [0.25, 0.3) is 0 Å². The van der Waals surface area contributed by atoms with Crippen LogP contribution in [0.4, 0.5) is 0 Å². The van der Waals surface area contributed by atoms with E-state index in [1.807, 2.05) is 32.9 Å². The molecular formula is C13H19ClO2S. The summed E-state index contributed by atoms with van der Waals surface area (Å²) in [7, 11) is -3.17. The minimum Gasteiger partial charge on any atom is -0.224 e. The molecule has 0 aliphatic rings. The minimum atomic E-state index is -3.17. The summed E-state index contributed by atoms with van der Waals surface area (Å²) >= 11 is 5.56. The molecular weight excluding hydrogens is 256 g/mol. The van der Waals surface area contributed by atoms with Crippen molar-refractivity contribution in [2.45, 2.75) is 38.5 Å². The molecule has 0 aromatic heterocycles. The lowest BCUT2D eigenvalue weighted by atomic mass is 10.1. The van der Waals surface area contributed by atoms with E-state index in [-0.39, 0.29) is 5.75 Å². The standard InChI is InChI=1S/C13H19ClO2S/c1-10-8-11(2)13(12(3)9-10)17(15,16)7-5-4-6-14/h8-9H,4-7H2,1-3H3. The van der Waals surface area contributed by atoms with Crippen LogP contribution in [0.3, 0.4) is 0 Å². The van der Waals surface area contributed by atoms with Gasteiger partial charge in [-0.3, -0.25) is 0 Å². The maximum Gasteiger partial charge on any atom is 0.178 e. The van der Waals surface area contributed by atoms with E-state index in [0.717, 1.165) is 23.1 Å². The molecule has 1 aromatic carbocycles. The third-order valence-electron chi connectivity index (χ3n) is 2.71. The first-order valence-corrected chi connectivity index (χ1v) is 7.93. The van der Waals surface area contributed by atoms with Gasteiger partial charge in [-0.05, 0) is 44.7 Å². The molecule has 0 aliphatic heterocycles. The lowest BCUT2D eigenvalue weighted by molar-refractivity contribution is 0.591. The van der Waals surface area contributed by atoms with Crippen LogP contribution in [-0.4, -0.2) is 20.1 Å². The Bertz CT molecular complexity index is 469. The number of rotatable bonds is 5. The SMILES string of the molecule is Cc1cc(C)c(S(=O)(=O)CCCCCl)c(C)c1. The van der Waals surface area contributed by atoms with E-state index in [4.69, 9.17) is 11.6 Å². The number of halogens is 1. The average molecular weight is 275 g/mol. The second-order valence-electron chi connectivity index (χ2n) is 4.44. The van der Waals surface area contributed by atoms with E-state index < -0.39 is 9.84 Å². The van der Waals surface area contributed by atoms with Crippen molar-refractivity contribution in [3.05, 3.63) is 28.8 Å². The number of alkyl halides is 1. The summed E-state index contributed by atoms with van der Waals surface area (Å²) in [4.78, 5) is 0.498. The van der Waals surface area contributed by atoms with Crippen LogP contribution in [0.2, 0.25) is 0 Å². The van der Waals surface area contributed by atoms with Crippen LogP contribution < -0.4 is 0 Å². The monoisotopic (exact) mass is 274 g/mol. The Morgan fingerprint density at radius 2 is 1.59 bits per heavy atom. The molecule has 0 amide bonds. The average Bonchev–Trinajstić information content (AvgIpc) is 2.15. The summed E-state index contributed by atoms with van der Waals surface area (Å²) in [5.74, 6) is 0.700. The third-order valence-corrected chi connectivity index (χ3v) is 5.07. The molecule has 0 unspecified atom stereocenters. The molecule has 4 heteroatoms. The van der Waals surface area contributed by atoms with Crippen LogP contribution in [0.5, 0.6) is 0 Å². The fourth-order valence-electron chi connectivity index (χ4n) is 2.15. The molecule has 0 radical (unpaired) electrons. The lowest BCUT2D eigenvalue weighted by Gasteiger charge is -2.11. The van der Waals surface area contributed by atoms with Crippen molar-refractivity contribution in [3.8, 4) is 0 Å². The number of unbranched alkanes of at least 4 members (excludes halogenated alkanes) is 1. The van der Waals surface area contributed by atoms with Crippen LogP contribution in [0.15, 0.2) is 17.0 Å². The van der Waals surface area contributed by atoms with Gasteiger partial charge in [0.05, 0.1) is 10.6 Å². The van der Waals surface area contributed by atoms with Crippen molar-refractivity contribution < 1.29 is 8.42 Å². The molecule has 0 N–H and O–H groups in total. The van der Waals surface area contributed by atoms with Gasteiger partial charge in [0.1, 0.15) is 0 Å². The van der Waals surface area contributed by atoms with Crippen LogP contribution >= 0.6 is 11.6 Å².